The van der Waals surface area contributed by atoms with Crippen molar-refractivity contribution < 1.29 is 13.3 Å². The predicted octanol–water partition coefficient (Wildman–Crippen LogP) is 2.82. The first kappa shape index (κ1) is 17.6. The number of halogens is 1. The second-order valence-electron chi connectivity index (χ2n) is 6.51. The molecule has 5 heteroatoms. The van der Waals surface area contributed by atoms with Crippen molar-refractivity contribution in [3.8, 4) is 0 Å². The molecule has 0 radical (unpaired) electrons. The summed E-state index contributed by atoms with van der Waals surface area (Å²) in [5, 5.41) is 0. The molecule has 2 aromatic carbocycles. The summed E-state index contributed by atoms with van der Waals surface area (Å²) in [7, 11) is -1.11. The van der Waals surface area contributed by atoms with Crippen molar-refractivity contribution in [2.75, 3.05) is 19.3 Å². The topological polar surface area (TPSA) is 38.6 Å². The van der Waals surface area contributed by atoms with Gasteiger partial charge >= 0.3 is 0 Å². The Bertz CT molecular complexity index is 802. The van der Waals surface area contributed by atoms with Gasteiger partial charge in [-0.1, -0.05) is 40.2 Å². The van der Waals surface area contributed by atoms with Gasteiger partial charge in [-0.25, -0.2) is 8.42 Å². The zero-order chi connectivity index (χ0) is 17.2. The fourth-order valence-electron chi connectivity index (χ4n) is 3.50. The Morgan fingerprint density at radius 3 is 2.58 bits per heavy atom. The highest BCUT2D eigenvalue weighted by Gasteiger charge is 2.27. The lowest BCUT2D eigenvalue weighted by Gasteiger charge is -2.30. The van der Waals surface area contributed by atoms with Crippen molar-refractivity contribution in [3.63, 3.8) is 0 Å². The summed E-state index contributed by atoms with van der Waals surface area (Å²) in [6.07, 6.45) is 3.44. The van der Waals surface area contributed by atoms with Crippen LogP contribution in [0, 0.1) is 0 Å². The van der Waals surface area contributed by atoms with E-state index in [0.717, 1.165) is 17.3 Å². The molecule has 0 spiro atoms. The third-order valence-electron chi connectivity index (χ3n) is 4.90. The van der Waals surface area contributed by atoms with E-state index < -0.39 is 9.84 Å². The van der Waals surface area contributed by atoms with Crippen LogP contribution in [0.5, 0.6) is 0 Å². The Balaban J connectivity index is 1.70. The molecule has 128 valence electrons. The zero-order valence-corrected chi connectivity index (χ0v) is 16.2. The lowest BCUT2D eigenvalue weighted by atomic mass is 9.87. The SMILES string of the molecule is C[NH+](CCS(=O)(=O)c1ccc(Br)cc1)[C@H]1CCCc2ccccc21. The summed E-state index contributed by atoms with van der Waals surface area (Å²) in [4.78, 5) is 1.69. The van der Waals surface area contributed by atoms with Gasteiger partial charge in [0.2, 0.25) is 0 Å². The number of sulfone groups is 1. The van der Waals surface area contributed by atoms with Gasteiger partial charge in [0.25, 0.3) is 0 Å². The highest BCUT2D eigenvalue weighted by molar-refractivity contribution is 9.10. The third kappa shape index (κ3) is 3.90. The molecular weight excluding hydrogens is 386 g/mol. The first-order valence-electron chi connectivity index (χ1n) is 8.36. The van der Waals surface area contributed by atoms with E-state index in [4.69, 9.17) is 0 Å². The van der Waals surface area contributed by atoms with Gasteiger partial charge in [-0.2, -0.15) is 0 Å². The fourth-order valence-corrected chi connectivity index (χ4v) is 5.14. The summed E-state index contributed by atoms with van der Waals surface area (Å²) in [6.45, 7) is 0.622. The summed E-state index contributed by atoms with van der Waals surface area (Å²) < 4.78 is 26.0. The minimum atomic E-state index is -3.23. The first-order chi connectivity index (χ1) is 11.5. The molecule has 0 fully saturated rings. The minimum Gasteiger partial charge on any atom is -0.330 e. The predicted molar refractivity (Wildman–Crippen MR) is 100 cm³/mol. The van der Waals surface area contributed by atoms with Crippen molar-refractivity contribution in [2.24, 2.45) is 0 Å². The molecule has 0 heterocycles. The van der Waals surface area contributed by atoms with E-state index in [9.17, 15) is 8.42 Å². The maximum Gasteiger partial charge on any atom is 0.183 e. The molecule has 0 aliphatic heterocycles. The number of quaternary nitrogens is 1. The van der Waals surface area contributed by atoms with Crippen LogP contribution in [-0.2, 0) is 16.3 Å². The Morgan fingerprint density at radius 1 is 1.12 bits per heavy atom. The van der Waals surface area contributed by atoms with Gasteiger partial charge in [0.05, 0.1) is 18.5 Å². The van der Waals surface area contributed by atoms with E-state index >= 15 is 0 Å². The molecule has 0 aromatic heterocycles. The van der Waals surface area contributed by atoms with Gasteiger partial charge in [0, 0.05) is 16.5 Å². The molecule has 3 rings (SSSR count). The summed E-state index contributed by atoms with van der Waals surface area (Å²) in [5.41, 5.74) is 2.81. The number of rotatable bonds is 5. The van der Waals surface area contributed by atoms with Gasteiger partial charge in [-0.15, -0.1) is 0 Å². The van der Waals surface area contributed by atoms with Crippen molar-refractivity contribution in [1.82, 2.24) is 0 Å². The number of nitrogens with one attached hydrogen (secondary N) is 1. The maximum absolute atomic E-state index is 12.5. The first-order valence-corrected chi connectivity index (χ1v) is 10.8. The van der Waals surface area contributed by atoms with Crippen molar-refractivity contribution in [2.45, 2.75) is 30.2 Å². The van der Waals surface area contributed by atoms with E-state index in [2.05, 4.69) is 47.2 Å². The largest absolute Gasteiger partial charge is 0.330 e. The van der Waals surface area contributed by atoms with Crippen LogP contribution in [0.4, 0.5) is 0 Å². The quantitative estimate of drug-likeness (QED) is 0.825. The van der Waals surface area contributed by atoms with E-state index in [-0.39, 0.29) is 5.75 Å². The highest BCUT2D eigenvalue weighted by atomic mass is 79.9. The molecule has 0 saturated carbocycles. The van der Waals surface area contributed by atoms with Crippen LogP contribution in [0.2, 0.25) is 0 Å². The monoisotopic (exact) mass is 408 g/mol. The molecule has 2 aromatic rings. The van der Waals surface area contributed by atoms with Gasteiger partial charge in [-0.3, -0.25) is 0 Å². The fraction of sp³-hybridized carbons (Fsp3) is 0.368. The number of benzene rings is 2. The van der Waals surface area contributed by atoms with E-state index in [1.807, 2.05) is 0 Å². The second-order valence-corrected chi connectivity index (χ2v) is 9.54. The van der Waals surface area contributed by atoms with Crippen LogP contribution in [0.1, 0.15) is 30.0 Å². The molecule has 1 unspecified atom stereocenters. The van der Waals surface area contributed by atoms with Crippen LogP contribution in [-0.4, -0.2) is 27.8 Å². The second kappa shape index (κ2) is 7.38. The van der Waals surface area contributed by atoms with Crippen molar-refractivity contribution in [3.05, 3.63) is 64.1 Å². The molecule has 24 heavy (non-hydrogen) atoms. The molecule has 0 amide bonds. The minimum absolute atomic E-state index is 0.180. The number of hydrogen-bond donors (Lipinski definition) is 1. The lowest BCUT2D eigenvalue weighted by molar-refractivity contribution is -0.910. The maximum atomic E-state index is 12.5. The summed E-state index contributed by atoms with van der Waals surface area (Å²) in [6, 6.07) is 15.9. The zero-order valence-electron chi connectivity index (χ0n) is 13.8. The van der Waals surface area contributed by atoms with Crippen LogP contribution < -0.4 is 4.90 Å². The molecule has 0 saturated heterocycles. The molecule has 0 bridgehead atoms. The van der Waals surface area contributed by atoms with Crippen LogP contribution in [0.3, 0.4) is 0 Å². The molecule has 1 N–H and O–H groups in total. The highest BCUT2D eigenvalue weighted by Crippen LogP contribution is 2.27. The van der Waals surface area contributed by atoms with Gasteiger partial charge < -0.3 is 4.90 Å². The molecular formula is C19H23BrNO2S+. The van der Waals surface area contributed by atoms with Crippen molar-refractivity contribution in [1.29, 1.82) is 0 Å². The average molecular weight is 409 g/mol. The normalized spacial score (nSPS) is 18.8. The van der Waals surface area contributed by atoms with Crippen LogP contribution in [0.15, 0.2) is 57.9 Å². The number of fused-ring (bicyclic) bond motifs is 1. The average Bonchev–Trinajstić information content (AvgIpc) is 2.59. The third-order valence-corrected chi connectivity index (χ3v) is 7.16. The van der Waals surface area contributed by atoms with Crippen LogP contribution in [0.25, 0.3) is 0 Å². The molecule has 3 nitrogen and oxygen atoms in total. The number of hydrogen-bond acceptors (Lipinski definition) is 2. The standard InChI is InChI=1S/C19H22BrNO2S/c1-21(19-8-4-6-15-5-2-3-7-18(15)19)13-14-24(22,23)17-11-9-16(20)10-12-17/h2-3,5,7,9-12,19H,4,6,8,13-14H2,1H3/p+1/t19-/m0/s1. The Hall–Kier alpha value is -1.17. The van der Waals surface area contributed by atoms with E-state index in [0.29, 0.717) is 17.5 Å². The van der Waals surface area contributed by atoms with Gasteiger partial charge in [-0.05, 0) is 42.7 Å². The summed E-state index contributed by atoms with van der Waals surface area (Å²) in [5.74, 6) is 0.180. The molecule has 1 aliphatic carbocycles. The Kier molecular flexibility index (Phi) is 5.42. The smallest absolute Gasteiger partial charge is 0.183 e. The molecule has 2 atom stereocenters. The van der Waals surface area contributed by atoms with E-state index in [1.54, 1.807) is 24.3 Å². The van der Waals surface area contributed by atoms with Gasteiger partial charge in [0.1, 0.15) is 11.8 Å². The molecule has 1 aliphatic rings. The number of aryl methyl sites for hydroxylation is 1. The van der Waals surface area contributed by atoms with E-state index in [1.165, 1.54) is 22.4 Å². The summed E-state index contributed by atoms with van der Waals surface area (Å²) >= 11 is 3.34. The Morgan fingerprint density at radius 2 is 1.83 bits per heavy atom. The van der Waals surface area contributed by atoms with Crippen molar-refractivity contribution >= 4 is 25.8 Å². The Labute approximate surface area is 152 Å². The van der Waals surface area contributed by atoms with Gasteiger partial charge in [0.15, 0.2) is 9.84 Å². The lowest BCUT2D eigenvalue weighted by Crippen LogP contribution is -3.10. The van der Waals surface area contributed by atoms with Crippen LogP contribution >= 0.6 is 15.9 Å².